The summed E-state index contributed by atoms with van der Waals surface area (Å²) >= 11 is 3.93. The molecule has 0 heterocycles. The Morgan fingerprint density at radius 2 is 1.77 bits per heavy atom. The first-order valence-electron chi connectivity index (χ1n) is 8.35. The lowest BCUT2D eigenvalue weighted by Crippen LogP contribution is -2.60. The van der Waals surface area contributed by atoms with E-state index in [0.717, 1.165) is 19.3 Å². The lowest BCUT2D eigenvalue weighted by atomic mass is 9.49. The van der Waals surface area contributed by atoms with Crippen molar-refractivity contribution in [1.29, 1.82) is 0 Å². The molecule has 4 bridgehead atoms. The zero-order valence-corrected chi connectivity index (χ0v) is 15.2. The molecular formula is C17H26BrNO3. The minimum absolute atomic E-state index is 0.0308. The van der Waals surface area contributed by atoms with E-state index in [1.165, 1.54) is 26.4 Å². The van der Waals surface area contributed by atoms with Crippen molar-refractivity contribution in [2.75, 3.05) is 7.11 Å². The number of hydrogen-bond acceptors (Lipinski definition) is 3. The summed E-state index contributed by atoms with van der Waals surface area (Å²) < 4.78 is 5.00. The average molecular weight is 372 g/mol. The Morgan fingerprint density at radius 1 is 1.18 bits per heavy atom. The van der Waals surface area contributed by atoms with Crippen LogP contribution in [0.4, 0.5) is 0 Å². The number of halogens is 1. The Balaban J connectivity index is 1.78. The van der Waals surface area contributed by atoms with Gasteiger partial charge >= 0.3 is 5.97 Å². The van der Waals surface area contributed by atoms with Gasteiger partial charge in [0, 0.05) is 4.32 Å². The first-order valence-corrected chi connectivity index (χ1v) is 9.14. The molecular weight excluding hydrogens is 346 g/mol. The fraction of sp³-hybridized carbons (Fsp3) is 0.882. The highest BCUT2D eigenvalue weighted by atomic mass is 79.9. The van der Waals surface area contributed by atoms with Crippen LogP contribution < -0.4 is 5.32 Å². The molecule has 5 heteroatoms. The van der Waals surface area contributed by atoms with Gasteiger partial charge in [0.25, 0.3) is 0 Å². The molecule has 0 saturated heterocycles. The van der Waals surface area contributed by atoms with Crippen molar-refractivity contribution in [3.05, 3.63) is 0 Å². The number of hydrogen-bond donors (Lipinski definition) is 1. The van der Waals surface area contributed by atoms with E-state index < -0.39 is 6.04 Å². The smallest absolute Gasteiger partial charge is 0.328 e. The fourth-order valence-electron chi connectivity index (χ4n) is 5.34. The number of alkyl halides is 1. The van der Waals surface area contributed by atoms with Crippen LogP contribution in [0.2, 0.25) is 0 Å². The number of carbonyl (C=O) groups is 2. The van der Waals surface area contributed by atoms with Crippen LogP contribution in [0.25, 0.3) is 0 Å². The van der Waals surface area contributed by atoms with E-state index >= 15 is 0 Å². The fourth-order valence-corrected chi connectivity index (χ4v) is 6.79. The first kappa shape index (κ1) is 16.3. The SMILES string of the molecule is COC(=O)[C@@H](NC(=O)C12C[C@@H]3C[C@H](CC(Br)(C3)C1)C2)C(C)C. The van der Waals surface area contributed by atoms with Gasteiger partial charge < -0.3 is 10.1 Å². The van der Waals surface area contributed by atoms with Gasteiger partial charge in [-0.05, 0) is 56.3 Å². The second-order valence-corrected chi connectivity index (χ2v) is 9.79. The molecule has 4 aliphatic carbocycles. The normalized spacial score (nSPS) is 40.6. The maximum Gasteiger partial charge on any atom is 0.328 e. The van der Waals surface area contributed by atoms with Crippen LogP contribution in [0.15, 0.2) is 0 Å². The molecule has 4 rings (SSSR count). The zero-order chi connectivity index (χ0) is 16.1. The highest BCUT2D eigenvalue weighted by Gasteiger charge is 2.60. The summed E-state index contributed by atoms with van der Waals surface area (Å²) in [5.74, 6) is 1.06. The monoisotopic (exact) mass is 371 g/mol. The lowest BCUT2D eigenvalue weighted by molar-refractivity contribution is -0.152. The molecule has 3 atom stereocenters. The third-order valence-electron chi connectivity index (χ3n) is 5.88. The maximum absolute atomic E-state index is 13.0. The number of ether oxygens (including phenoxy) is 1. The highest BCUT2D eigenvalue weighted by molar-refractivity contribution is 9.10. The van der Waals surface area contributed by atoms with Crippen molar-refractivity contribution in [3.63, 3.8) is 0 Å². The quantitative estimate of drug-likeness (QED) is 0.610. The molecule has 0 spiro atoms. The molecule has 124 valence electrons. The topological polar surface area (TPSA) is 55.4 Å². The molecule has 0 aromatic carbocycles. The molecule has 4 fully saturated rings. The Hall–Kier alpha value is -0.580. The second-order valence-electron chi connectivity index (χ2n) is 8.11. The summed E-state index contributed by atoms with van der Waals surface area (Å²) in [5, 5.41) is 3.01. The zero-order valence-electron chi connectivity index (χ0n) is 13.7. The average Bonchev–Trinajstić information content (AvgIpc) is 2.40. The molecule has 0 aromatic heterocycles. The maximum atomic E-state index is 13.0. The van der Waals surface area contributed by atoms with Crippen LogP contribution in [0.3, 0.4) is 0 Å². The van der Waals surface area contributed by atoms with Crippen LogP contribution in [0.5, 0.6) is 0 Å². The van der Waals surface area contributed by atoms with Gasteiger partial charge in [-0.2, -0.15) is 0 Å². The van der Waals surface area contributed by atoms with Gasteiger partial charge in [0.2, 0.25) is 5.91 Å². The van der Waals surface area contributed by atoms with Gasteiger partial charge in [-0.25, -0.2) is 4.79 Å². The molecule has 0 aliphatic heterocycles. The summed E-state index contributed by atoms with van der Waals surface area (Å²) in [6.07, 6.45) is 6.54. The third-order valence-corrected chi connectivity index (χ3v) is 6.81. The summed E-state index contributed by atoms with van der Waals surface area (Å²) in [4.78, 5) is 25.0. The van der Waals surface area contributed by atoms with Crippen molar-refractivity contribution in [3.8, 4) is 0 Å². The van der Waals surface area contributed by atoms with Gasteiger partial charge in [0.1, 0.15) is 6.04 Å². The Labute approximate surface area is 140 Å². The second kappa shape index (κ2) is 5.50. The van der Waals surface area contributed by atoms with Crippen LogP contribution in [-0.2, 0) is 14.3 Å². The van der Waals surface area contributed by atoms with Crippen LogP contribution >= 0.6 is 15.9 Å². The number of amides is 1. The van der Waals surface area contributed by atoms with E-state index in [9.17, 15) is 9.59 Å². The molecule has 0 unspecified atom stereocenters. The van der Waals surface area contributed by atoms with Gasteiger partial charge in [-0.3, -0.25) is 4.79 Å². The molecule has 0 radical (unpaired) electrons. The van der Waals surface area contributed by atoms with Crippen LogP contribution in [0, 0.1) is 23.2 Å². The molecule has 4 aliphatic rings. The van der Waals surface area contributed by atoms with Crippen LogP contribution in [-0.4, -0.2) is 29.4 Å². The van der Waals surface area contributed by atoms with Gasteiger partial charge in [-0.15, -0.1) is 0 Å². The molecule has 1 N–H and O–H groups in total. The molecule has 4 saturated carbocycles. The van der Waals surface area contributed by atoms with E-state index in [0.29, 0.717) is 11.8 Å². The molecule has 4 nitrogen and oxygen atoms in total. The minimum atomic E-state index is -0.545. The molecule has 0 aromatic rings. The number of carbonyl (C=O) groups excluding carboxylic acids is 2. The summed E-state index contributed by atoms with van der Waals surface area (Å²) in [5.41, 5.74) is -0.283. The first-order chi connectivity index (χ1) is 10.3. The van der Waals surface area contributed by atoms with Crippen molar-refractivity contribution in [1.82, 2.24) is 5.32 Å². The van der Waals surface area contributed by atoms with E-state index in [4.69, 9.17) is 4.74 Å². The van der Waals surface area contributed by atoms with Crippen molar-refractivity contribution < 1.29 is 14.3 Å². The van der Waals surface area contributed by atoms with Gasteiger partial charge in [0.05, 0.1) is 12.5 Å². The van der Waals surface area contributed by atoms with Gasteiger partial charge in [-0.1, -0.05) is 29.8 Å². The molecule has 22 heavy (non-hydrogen) atoms. The highest BCUT2D eigenvalue weighted by Crippen LogP contribution is 2.64. The van der Waals surface area contributed by atoms with Gasteiger partial charge in [0.15, 0.2) is 0 Å². The summed E-state index contributed by atoms with van der Waals surface area (Å²) in [7, 11) is 1.38. The van der Waals surface area contributed by atoms with Crippen LogP contribution in [0.1, 0.15) is 52.4 Å². The van der Waals surface area contributed by atoms with Crippen molar-refractivity contribution in [2.24, 2.45) is 23.2 Å². The molecule has 1 amide bonds. The third kappa shape index (κ3) is 2.70. The standard InChI is InChI=1S/C17H26BrNO3/c1-10(2)13(14(20)22-3)19-15(21)16-5-11-4-12(6-16)8-17(18,7-11)9-16/h10-13H,4-9H2,1-3H3,(H,19,21)/t11-,12-,13-,16?,17?/m0/s1. The van der Waals surface area contributed by atoms with E-state index in [1.54, 1.807) is 0 Å². The number of methoxy groups -OCH3 is 1. The Bertz CT molecular complexity index is 476. The number of esters is 1. The summed E-state index contributed by atoms with van der Waals surface area (Å²) in [6.45, 7) is 3.88. The van der Waals surface area contributed by atoms with E-state index in [-0.39, 0.29) is 27.5 Å². The van der Waals surface area contributed by atoms with E-state index in [1.807, 2.05) is 13.8 Å². The van der Waals surface area contributed by atoms with E-state index in [2.05, 4.69) is 21.2 Å². The van der Waals surface area contributed by atoms with Crippen molar-refractivity contribution in [2.45, 2.75) is 62.7 Å². The Morgan fingerprint density at radius 3 is 2.23 bits per heavy atom. The minimum Gasteiger partial charge on any atom is -0.467 e. The predicted molar refractivity (Wildman–Crippen MR) is 87.6 cm³/mol. The lowest BCUT2D eigenvalue weighted by Gasteiger charge is -2.59. The summed E-state index contributed by atoms with van der Waals surface area (Å²) in [6, 6.07) is -0.545. The number of rotatable bonds is 4. The predicted octanol–water partition coefficient (Wildman–Crippen LogP) is 3.03. The number of nitrogens with one attached hydrogen (secondary N) is 1. The largest absolute Gasteiger partial charge is 0.467 e. The van der Waals surface area contributed by atoms with Crippen molar-refractivity contribution >= 4 is 27.8 Å². The Kier molecular flexibility index (Phi) is 4.07.